The Morgan fingerprint density at radius 2 is 2.15 bits per heavy atom. The van der Waals surface area contributed by atoms with Crippen molar-refractivity contribution < 1.29 is 9.18 Å². The fraction of sp³-hybridized carbons (Fsp3) is 0.350. The van der Waals surface area contributed by atoms with Crippen molar-refractivity contribution in [2.45, 2.75) is 38.0 Å². The summed E-state index contributed by atoms with van der Waals surface area (Å²) >= 11 is 1.46. The van der Waals surface area contributed by atoms with Crippen LogP contribution in [0.5, 0.6) is 0 Å². The van der Waals surface area contributed by atoms with Crippen LogP contribution in [0.15, 0.2) is 36.5 Å². The van der Waals surface area contributed by atoms with Gasteiger partial charge in [0.15, 0.2) is 5.13 Å². The van der Waals surface area contributed by atoms with E-state index < -0.39 is 0 Å². The summed E-state index contributed by atoms with van der Waals surface area (Å²) in [5.74, 6) is 0.171. The van der Waals surface area contributed by atoms with E-state index in [9.17, 15) is 9.18 Å². The number of rotatable bonds is 7. The first-order valence-electron chi connectivity index (χ1n) is 9.10. The Labute approximate surface area is 161 Å². The quantitative estimate of drug-likeness (QED) is 0.668. The number of benzene rings is 1. The van der Waals surface area contributed by atoms with Crippen molar-refractivity contribution in [2.75, 3.05) is 5.32 Å². The summed E-state index contributed by atoms with van der Waals surface area (Å²) in [7, 11) is 1.86. The summed E-state index contributed by atoms with van der Waals surface area (Å²) < 4.78 is 15.7. The molecule has 140 valence electrons. The topological polar surface area (TPSA) is 59.8 Å². The van der Waals surface area contributed by atoms with E-state index in [1.165, 1.54) is 17.4 Å². The SMILES string of the molecule is Cn1ccc(CCC(=O)Nc2nc(C3CC3)c(Cc3ccccc3F)s2)n1. The van der Waals surface area contributed by atoms with Crippen molar-refractivity contribution in [3.63, 3.8) is 0 Å². The highest BCUT2D eigenvalue weighted by Crippen LogP contribution is 2.44. The van der Waals surface area contributed by atoms with Gasteiger partial charge in [0.25, 0.3) is 0 Å². The molecule has 3 aromatic rings. The summed E-state index contributed by atoms with van der Waals surface area (Å²) in [6.07, 6.45) is 5.56. The molecule has 1 aliphatic rings. The highest BCUT2D eigenvalue weighted by Gasteiger charge is 2.30. The van der Waals surface area contributed by atoms with Crippen molar-refractivity contribution in [1.29, 1.82) is 0 Å². The van der Waals surface area contributed by atoms with Crippen molar-refractivity contribution >= 4 is 22.4 Å². The molecule has 1 aromatic carbocycles. The van der Waals surface area contributed by atoms with E-state index in [0.717, 1.165) is 29.1 Å². The van der Waals surface area contributed by atoms with Gasteiger partial charge in [-0.2, -0.15) is 5.10 Å². The molecule has 2 aromatic heterocycles. The maximum absolute atomic E-state index is 14.0. The summed E-state index contributed by atoms with van der Waals surface area (Å²) in [5, 5.41) is 7.79. The molecule has 4 rings (SSSR count). The standard InChI is InChI=1S/C20H21FN4OS/c1-25-11-10-15(24-25)8-9-18(26)22-20-23-19(13-6-7-13)17(27-20)12-14-4-2-3-5-16(14)21/h2-5,10-11,13H,6-9,12H2,1H3,(H,22,23,26). The number of aromatic nitrogens is 3. The van der Waals surface area contributed by atoms with Gasteiger partial charge >= 0.3 is 0 Å². The molecule has 5 nitrogen and oxygen atoms in total. The fourth-order valence-corrected chi connectivity index (χ4v) is 4.14. The summed E-state index contributed by atoms with van der Waals surface area (Å²) in [5.41, 5.74) is 2.57. The Morgan fingerprint density at radius 1 is 1.33 bits per heavy atom. The van der Waals surface area contributed by atoms with Crippen LogP contribution in [0.1, 0.15) is 47.0 Å². The highest BCUT2D eigenvalue weighted by atomic mass is 32.1. The smallest absolute Gasteiger partial charge is 0.226 e. The second-order valence-corrected chi connectivity index (χ2v) is 7.98. The molecule has 27 heavy (non-hydrogen) atoms. The Bertz CT molecular complexity index is 961. The predicted octanol–water partition coefficient (Wildman–Crippen LogP) is 4.06. The minimum atomic E-state index is -0.200. The maximum Gasteiger partial charge on any atom is 0.226 e. The number of nitrogens with one attached hydrogen (secondary N) is 1. The Morgan fingerprint density at radius 3 is 2.85 bits per heavy atom. The lowest BCUT2D eigenvalue weighted by atomic mass is 10.1. The number of hydrogen-bond donors (Lipinski definition) is 1. The zero-order chi connectivity index (χ0) is 18.8. The van der Waals surface area contributed by atoms with Crippen LogP contribution in [0.4, 0.5) is 9.52 Å². The largest absolute Gasteiger partial charge is 0.302 e. The normalized spacial score (nSPS) is 13.7. The first-order valence-corrected chi connectivity index (χ1v) is 9.91. The third kappa shape index (κ3) is 4.42. The minimum absolute atomic E-state index is 0.0748. The van der Waals surface area contributed by atoms with Crippen molar-refractivity contribution in [1.82, 2.24) is 14.8 Å². The van der Waals surface area contributed by atoms with E-state index in [1.807, 2.05) is 25.4 Å². The zero-order valence-electron chi connectivity index (χ0n) is 15.1. The second kappa shape index (κ2) is 7.60. The number of carbonyl (C=O) groups is 1. The average molecular weight is 384 g/mol. The predicted molar refractivity (Wildman–Crippen MR) is 103 cm³/mol. The Balaban J connectivity index is 1.44. The van der Waals surface area contributed by atoms with Crippen LogP contribution < -0.4 is 5.32 Å². The van der Waals surface area contributed by atoms with E-state index in [-0.39, 0.29) is 11.7 Å². The van der Waals surface area contributed by atoms with E-state index in [4.69, 9.17) is 0 Å². The van der Waals surface area contributed by atoms with Crippen LogP contribution in [0, 0.1) is 5.82 Å². The molecule has 0 spiro atoms. The van der Waals surface area contributed by atoms with Gasteiger partial charge in [0.1, 0.15) is 5.82 Å². The van der Waals surface area contributed by atoms with Crippen molar-refractivity contribution in [2.24, 2.45) is 7.05 Å². The van der Waals surface area contributed by atoms with Crippen LogP contribution in [0.25, 0.3) is 0 Å². The van der Waals surface area contributed by atoms with Crippen LogP contribution in [-0.2, 0) is 24.7 Å². The lowest BCUT2D eigenvalue weighted by molar-refractivity contribution is -0.116. The van der Waals surface area contributed by atoms with Crippen LogP contribution in [0.2, 0.25) is 0 Å². The van der Waals surface area contributed by atoms with Gasteiger partial charge in [-0.25, -0.2) is 9.37 Å². The first kappa shape index (κ1) is 17.9. The summed E-state index contributed by atoms with van der Waals surface area (Å²) in [6, 6.07) is 8.73. The van der Waals surface area contributed by atoms with Gasteiger partial charge in [-0.1, -0.05) is 18.2 Å². The number of nitrogens with zero attached hydrogens (tertiary/aromatic N) is 3. The van der Waals surface area contributed by atoms with Gasteiger partial charge in [-0.05, 0) is 30.5 Å². The van der Waals surface area contributed by atoms with E-state index in [2.05, 4.69) is 15.4 Å². The highest BCUT2D eigenvalue weighted by molar-refractivity contribution is 7.15. The number of thiazole rings is 1. The monoisotopic (exact) mass is 384 g/mol. The molecule has 0 aliphatic heterocycles. The van der Waals surface area contributed by atoms with Gasteiger partial charge < -0.3 is 5.32 Å². The lowest BCUT2D eigenvalue weighted by Gasteiger charge is -2.02. The summed E-state index contributed by atoms with van der Waals surface area (Å²) in [4.78, 5) is 18.0. The molecule has 0 radical (unpaired) electrons. The van der Waals surface area contributed by atoms with Gasteiger partial charge in [-0.3, -0.25) is 9.48 Å². The molecule has 2 heterocycles. The molecule has 1 fully saturated rings. The molecule has 7 heteroatoms. The van der Waals surface area contributed by atoms with Crippen molar-refractivity contribution in [3.05, 3.63) is 64.2 Å². The molecule has 0 saturated heterocycles. The molecular weight excluding hydrogens is 363 g/mol. The number of amides is 1. The van der Waals surface area contributed by atoms with Gasteiger partial charge in [0, 0.05) is 43.3 Å². The molecule has 1 saturated carbocycles. The number of aryl methyl sites for hydroxylation is 2. The van der Waals surface area contributed by atoms with Crippen LogP contribution in [-0.4, -0.2) is 20.7 Å². The molecule has 0 unspecified atom stereocenters. The minimum Gasteiger partial charge on any atom is -0.302 e. The first-order chi connectivity index (χ1) is 13.1. The lowest BCUT2D eigenvalue weighted by Crippen LogP contribution is -2.12. The molecule has 0 atom stereocenters. The van der Waals surface area contributed by atoms with Crippen LogP contribution >= 0.6 is 11.3 Å². The van der Waals surface area contributed by atoms with Gasteiger partial charge in [-0.15, -0.1) is 11.3 Å². The van der Waals surface area contributed by atoms with E-state index in [0.29, 0.717) is 35.9 Å². The van der Waals surface area contributed by atoms with Crippen molar-refractivity contribution in [3.8, 4) is 0 Å². The number of halogens is 1. The second-order valence-electron chi connectivity index (χ2n) is 6.90. The van der Waals surface area contributed by atoms with E-state index >= 15 is 0 Å². The molecule has 1 N–H and O–H groups in total. The molecule has 1 amide bonds. The van der Waals surface area contributed by atoms with E-state index in [1.54, 1.807) is 16.8 Å². The molecule has 1 aliphatic carbocycles. The number of carbonyl (C=O) groups excluding carboxylic acids is 1. The third-order valence-electron chi connectivity index (χ3n) is 4.62. The number of anilines is 1. The average Bonchev–Trinajstić information content (AvgIpc) is 3.29. The Kier molecular flexibility index (Phi) is 5.03. The van der Waals surface area contributed by atoms with Crippen LogP contribution in [0.3, 0.4) is 0 Å². The zero-order valence-corrected chi connectivity index (χ0v) is 15.9. The Hall–Kier alpha value is -2.54. The molecular formula is C20H21FN4OS. The van der Waals surface area contributed by atoms with Gasteiger partial charge in [0.05, 0.1) is 11.4 Å². The molecule has 0 bridgehead atoms. The number of hydrogen-bond acceptors (Lipinski definition) is 4. The third-order valence-corrected chi connectivity index (χ3v) is 5.61. The fourth-order valence-electron chi connectivity index (χ4n) is 3.05. The summed E-state index contributed by atoms with van der Waals surface area (Å²) in [6.45, 7) is 0. The van der Waals surface area contributed by atoms with Gasteiger partial charge in [0.2, 0.25) is 5.91 Å². The maximum atomic E-state index is 14.0.